The first-order valence-corrected chi connectivity index (χ1v) is 6.76. The van der Waals surface area contributed by atoms with E-state index in [1.165, 1.54) is 12.8 Å². The second-order valence-corrected chi connectivity index (χ2v) is 5.33. The van der Waals surface area contributed by atoms with Crippen molar-refractivity contribution in [2.24, 2.45) is 10.4 Å². The predicted molar refractivity (Wildman–Crippen MR) is 90.0 cm³/mol. The topological polar surface area (TPSA) is 56.7 Å². The Kier molecular flexibility index (Phi) is 8.36. The van der Waals surface area contributed by atoms with Crippen molar-refractivity contribution < 1.29 is 4.79 Å². The van der Waals surface area contributed by atoms with Gasteiger partial charge in [-0.15, -0.1) is 24.0 Å². The van der Waals surface area contributed by atoms with Crippen LogP contribution in [0.3, 0.4) is 0 Å². The van der Waals surface area contributed by atoms with E-state index in [0.717, 1.165) is 25.6 Å². The molecule has 0 aromatic rings. The number of amides is 1. The summed E-state index contributed by atoms with van der Waals surface area (Å²) >= 11 is 0. The van der Waals surface area contributed by atoms with Gasteiger partial charge in [0, 0.05) is 26.7 Å². The summed E-state index contributed by atoms with van der Waals surface area (Å²) in [4.78, 5) is 18.6. The number of aliphatic imine (C=N–C) groups is 1. The molecule has 0 spiro atoms. The fourth-order valence-corrected chi connectivity index (χ4v) is 2.04. The summed E-state index contributed by atoms with van der Waals surface area (Å²) in [5.41, 5.74) is -0.463. The van der Waals surface area contributed by atoms with Gasteiger partial charge in [0.05, 0.1) is 12.0 Å². The van der Waals surface area contributed by atoms with E-state index in [1.807, 2.05) is 13.8 Å². The van der Waals surface area contributed by atoms with Gasteiger partial charge < -0.3 is 15.5 Å². The Bertz CT molecular complexity index is 312. The van der Waals surface area contributed by atoms with Crippen molar-refractivity contribution in [3.05, 3.63) is 0 Å². The molecule has 2 N–H and O–H groups in total. The van der Waals surface area contributed by atoms with E-state index < -0.39 is 5.41 Å². The zero-order valence-corrected chi connectivity index (χ0v) is 14.8. The van der Waals surface area contributed by atoms with E-state index in [9.17, 15) is 4.79 Å². The van der Waals surface area contributed by atoms with Gasteiger partial charge >= 0.3 is 0 Å². The van der Waals surface area contributed by atoms with Gasteiger partial charge in [0.15, 0.2) is 5.96 Å². The van der Waals surface area contributed by atoms with Crippen LogP contribution < -0.4 is 10.6 Å². The molecule has 19 heavy (non-hydrogen) atoms. The van der Waals surface area contributed by atoms with Gasteiger partial charge in [0.1, 0.15) is 0 Å². The van der Waals surface area contributed by atoms with E-state index in [1.54, 1.807) is 7.05 Å². The highest BCUT2D eigenvalue weighted by molar-refractivity contribution is 14.0. The molecule has 0 aliphatic carbocycles. The molecule has 6 heteroatoms. The molecule has 1 aliphatic rings. The maximum Gasteiger partial charge on any atom is 0.227 e. The first kappa shape index (κ1) is 18.5. The maximum atomic E-state index is 11.7. The average Bonchev–Trinajstić information content (AvgIpc) is 2.87. The molecule has 112 valence electrons. The highest BCUT2D eigenvalue weighted by Gasteiger charge is 2.27. The van der Waals surface area contributed by atoms with Crippen molar-refractivity contribution in [3.8, 4) is 0 Å². The first-order chi connectivity index (χ1) is 8.51. The van der Waals surface area contributed by atoms with Gasteiger partial charge in [-0.2, -0.15) is 0 Å². The maximum absolute atomic E-state index is 11.7. The average molecular weight is 382 g/mol. The second-order valence-electron chi connectivity index (χ2n) is 5.33. The molecule has 0 aromatic heterocycles. The van der Waals surface area contributed by atoms with E-state index in [-0.39, 0.29) is 29.9 Å². The summed E-state index contributed by atoms with van der Waals surface area (Å²) in [5.74, 6) is 0.968. The molecule has 0 aromatic carbocycles. The van der Waals surface area contributed by atoms with Crippen molar-refractivity contribution in [1.29, 1.82) is 0 Å². The molecule has 0 atom stereocenters. The second kappa shape index (κ2) is 8.60. The summed E-state index contributed by atoms with van der Waals surface area (Å²) in [5, 5.41) is 5.99. The van der Waals surface area contributed by atoms with Crippen LogP contribution in [0.2, 0.25) is 0 Å². The van der Waals surface area contributed by atoms with E-state index in [4.69, 9.17) is 0 Å². The Morgan fingerprint density at radius 2 is 1.89 bits per heavy atom. The first-order valence-electron chi connectivity index (χ1n) is 6.76. The normalized spacial score (nSPS) is 16.0. The van der Waals surface area contributed by atoms with Crippen LogP contribution in [0.4, 0.5) is 0 Å². The zero-order chi connectivity index (χ0) is 13.6. The van der Waals surface area contributed by atoms with Crippen molar-refractivity contribution in [2.75, 3.05) is 33.2 Å². The summed E-state index contributed by atoms with van der Waals surface area (Å²) in [7, 11) is 1.67. The van der Waals surface area contributed by atoms with Crippen LogP contribution in [0.15, 0.2) is 4.99 Å². The van der Waals surface area contributed by atoms with Crippen molar-refractivity contribution in [1.82, 2.24) is 15.5 Å². The standard InChI is InChI=1S/C13H26N4O.HI/c1-5-15-12(17-8-6-7-9-17)16-10-13(2,3)11(18)14-4;/h5-10H2,1-4H3,(H,14,18)(H,15,16);1H. The highest BCUT2D eigenvalue weighted by Crippen LogP contribution is 2.16. The van der Waals surface area contributed by atoms with Crippen LogP contribution in [0.1, 0.15) is 33.6 Å². The molecule has 0 unspecified atom stereocenters. The van der Waals surface area contributed by atoms with Crippen LogP contribution in [0, 0.1) is 5.41 Å². The van der Waals surface area contributed by atoms with Gasteiger partial charge in [0.2, 0.25) is 5.91 Å². The molecule has 1 fully saturated rings. The number of carbonyl (C=O) groups excluding carboxylic acids is 1. The summed E-state index contributed by atoms with van der Waals surface area (Å²) < 4.78 is 0. The zero-order valence-electron chi connectivity index (χ0n) is 12.5. The van der Waals surface area contributed by atoms with E-state index >= 15 is 0 Å². The van der Waals surface area contributed by atoms with Crippen molar-refractivity contribution in [3.63, 3.8) is 0 Å². The molecule has 5 nitrogen and oxygen atoms in total. The highest BCUT2D eigenvalue weighted by atomic mass is 127. The smallest absolute Gasteiger partial charge is 0.227 e. The molecular formula is C13H27IN4O. The SMILES string of the molecule is CCNC(=NCC(C)(C)C(=O)NC)N1CCCC1.I. The van der Waals surface area contributed by atoms with Crippen LogP contribution >= 0.6 is 24.0 Å². The third-order valence-corrected chi connectivity index (χ3v) is 3.21. The molecule has 1 amide bonds. The third-order valence-electron chi connectivity index (χ3n) is 3.21. The molecule has 1 heterocycles. The van der Waals surface area contributed by atoms with Gasteiger partial charge in [-0.3, -0.25) is 9.79 Å². The quantitative estimate of drug-likeness (QED) is 0.440. The summed E-state index contributed by atoms with van der Waals surface area (Å²) in [6, 6.07) is 0. The van der Waals surface area contributed by atoms with Gasteiger partial charge in [-0.25, -0.2) is 0 Å². The monoisotopic (exact) mass is 382 g/mol. The lowest BCUT2D eigenvalue weighted by atomic mass is 9.93. The lowest BCUT2D eigenvalue weighted by Gasteiger charge is -2.24. The molecule has 1 rings (SSSR count). The lowest BCUT2D eigenvalue weighted by molar-refractivity contribution is -0.128. The number of rotatable bonds is 4. The third kappa shape index (κ3) is 5.54. The predicted octanol–water partition coefficient (Wildman–Crippen LogP) is 1.44. The Hall–Kier alpha value is -0.530. The number of nitrogens with zero attached hydrogens (tertiary/aromatic N) is 2. The number of guanidine groups is 1. The molecule has 0 saturated carbocycles. The molecular weight excluding hydrogens is 355 g/mol. The molecule has 1 saturated heterocycles. The number of likely N-dealkylation sites (tertiary alicyclic amines) is 1. The van der Waals surface area contributed by atoms with Gasteiger partial charge in [0.25, 0.3) is 0 Å². The molecule has 1 aliphatic heterocycles. The Labute approximate surface area is 133 Å². The number of carbonyl (C=O) groups is 1. The Balaban J connectivity index is 0.00000324. The van der Waals surface area contributed by atoms with Gasteiger partial charge in [-0.05, 0) is 33.6 Å². The fourth-order valence-electron chi connectivity index (χ4n) is 2.04. The minimum Gasteiger partial charge on any atom is -0.359 e. The Morgan fingerprint density at radius 1 is 1.32 bits per heavy atom. The van der Waals surface area contributed by atoms with Crippen LogP contribution in [0.5, 0.6) is 0 Å². The number of nitrogens with one attached hydrogen (secondary N) is 2. The van der Waals surface area contributed by atoms with Gasteiger partial charge in [-0.1, -0.05) is 0 Å². The minimum atomic E-state index is -0.463. The van der Waals surface area contributed by atoms with Crippen molar-refractivity contribution in [2.45, 2.75) is 33.6 Å². The lowest BCUT2D eigenvalue weighted by Crippen LogP contribution is -2.42. The number of hydrogen-bond acceptors (Lipinski definition) is 2. The van der Waals surface area contributed by atoms with E-state index in [2.05, 4.69) is 27.4 Å². The van der Waals surface area contributed by atoms with E-state index in [0.29, 0.717) is 6.54 Å². The van der Waals surface area contributed by atoms with Crippen molar-refractivity contribution >= 4 is 35.8 Å². The number of halogens is 1. The molecule has 0 bridgehead atoms. The largest absolute Gasteiger partial charge is 0.359 e. The summed E-state index contributed by atoms with van der Waals surface area (Å²) in [6.45, 7) is 9.39. The fraction of sp³-hybridized carbons (Fsp3) is 0.846. The van der Waals surface area contributed by atoms with Crippen LogP contribution in [0.25, 0.3) is 0 Å². The minimum absolute atomic E-state index is 0. The summed E-state index contributed by atoms with van der Waals surface area (Å²) in [6.07, 6.45) is 2.45. The number of hydrogen-bond donors (Lipinski definition) is 2. The van der Waals surface area contributed by atoms with Crippen LogP contribution in [-0.4, -0.2) is 50.0 Å². The Morgan fingerprint density at radius 3 is 2.37 bits per heavy atom. The molecule has 0 radical (unpaired) electrons. The van der Waals surface area contributed by atoms with Crippen LogP contribution in [-0.2, 0) is 4.79 Å².